The average Bonchev–Trinajstić information content (AvgIpc) is 3.01. The van der Waals surface area contributed by atoms with E-state index in [1.165, 1.54) is 0 Å². The van der Waals surface area contributed by atoms with Crippen LogP contribution in [0.25, 0.3) is 22.3 Å². The number of carbonyl (C=O) groups is 1. The molecule has 0 aliphatic carbocycles. The van der Waals surface area contributed by atoms with Crippen LogP contribution in [0.2, 0.25) is 0 Å². The van der Waals surface area contributed by atoms with Gasteiger partial charge in [0.05, 0.1) is 22.3 Å². The smallest absolute Gasteiger partial charge is 0.254 e. The van der Waals surface area contributed by atoms with Gasteiger partial charge in [-0.1, -0.05) is 0 Å². The number of phenols is 1. The molecule has 0 bridgehead atoms. The molecule has 140 valence electrons. The molecule has 27 heavy (non-hydrogen) atoms. The molecule has 0 spiro atoms. The highest BCUT2D eigenvalue weighted by Crippen LogP contribution is 2.28. The van der Waals surface area contributed by atoms with Crippen molar-refractivity contribution in [1.29, 1.82) is 0 Å². The molecule has 3 heterocycles. The Labute approximate surface area is 157 Å². The number of nitrogens with one attached hydrogen (secondary N) is 2. The first kappa shape index (κ1) is 17.5. The average molecular weight is 365 g/mol. The van der Waals surface area contributed by atoms with Crippen LogP contribution in [-0.4, -0.2) is 56.3 Å². The van der Waals surface area contributed by atoms with Crippen LogP contribution in [0.1, 0.15) is 29.9 Å². The molecule has 1 amide bonds. The number of aryl methyl sites for hydroxylation is 1. The Balaban J connectivity index is 1.81. The van der Waals surface area contributed by atoms with E-state index in [4.69, 9.17) is 0 Å². The summed E-state index contributed by atoms with van der Waals surface area (Å²) in [4.78, 5) is 19.9. The first-order valence-corrected chi connectivity index (χ1v) is 9.13. The van der Waals surface area contributed by atoms with E-state index >= 15 is 0 Å². The van der Waals surface area contributed by atoms with Crippen molar-refractivity contribution in [3.05, 3.63) is 41.6 Å². The van der Waals surface area contributed by atoms with Crippen LogP contribution in [0.5, 0.6) is 5.75 Å². The zero-order chi connectivity index (χ0) is 19.1. The number of aromatic amines is 1. The zero-order valence-corrected chi connectivity index (χ0v) is 15.7. The van der Waals surface area contributed by atoms with Gasteiger partial charge in [-0.2, -0.15) is 5.10 Å². The summed E-state index contributed by atoms with van der Waals surface area (Å²) in [6.45, 7) is 7.38. The van der Waals surface area contributed by atoms with E-state index in [2.05, 4.69) is 34.3 Å². The van der Waals surface area contributed by atoms with Crippen LogP contribution in [0.3, 0.4) is 0 Å². The van der Waals surface area contributed by atoms with Gasteiger partial charge in [-0.05, 0) is 51.1 Å². The highest BCUT2D eigenvalue weighted by atomic mass is 16.3. The molecule has 4 rings (SSSR count). The molecule has 1 aliphatic rings. The number of benzene rings is 1. The Morgan fingerprint density at radius 1 is 1.19 bits per heavy atom. The monoisotopic (exact) mass is 365 g/mol. The molecule has 1 aliphatic heterocycles. The van der Waals surface area contributed by atoms with Crippen LogP contribution < -0.4 is 5.32 Å². The number of aromatic hydroxyl groups is 1. The molecule has 1 fully saturated rings. The largest absolute Gasteiger partial charge is 0.508 e. The van der Waals surface area contributed by atoms with Gasteiger partial charge in [0.1, 0.15) is 5.75 Å². The standard InChI is InChI=1S/C20H23N5O2/c1-11-9-25(10-12(2)21-11)20(27)16-8-17(14-4-6-15(26)7-5-14)22-19-18(16)13(3)23-24-19/h4-8,11-12,21,26H,9-10H2,1-3H3,(H,22,23,24)/t11-,12+. The minimum atomic E-state index is -0.00729. The van der Waals surface area contributed by atoms with Crippen molar-refractivity contribution in [1.82, 2.24) is 25.4 Å². The number of amides is 1. The zero-order valence-electron chi connectivity index (χ0n) is 15.7. The second-order valence-corrected chi connectivity index (χ2v) is 7.31. The lowest BCUT2D eigenvalue weighted by Gasteiger charge is -2.36. The quantitative estimate of drug-likeness (QED) is 0.649. The van der Waals surface area contributed by atoms with Crippen molar-refractivity contribution < 1.29 is 9.90 Å². The van der Waals surface area contributed by atoms with Gasteiger partial charge in [0.25, 0.3) is 5.91 Å². The number of aromatic nitrogens is 3. The normalized spacial score (nSPS) is 20.2. The Morgan fingerprint density at radius 2 is 1.85 bits per heavy atom. The first-order valence-electron chi connectivity index (χ1n) is 9.13. The summed E-state index contributed by atoms with van der Waals surface area (Å²) >= 11 is 0. The van der Waals surface area contributed by atoms with Crippen LogP contribution in [0.15, 0.2) is 30.3 Å². The van der Waals surface area contributed by atoms with Gasteiger partial charge in [0.2, 0.25) is 0 Å². The van der Waals surface area contributed by atoms with Crippen molar-refractivity contribution >= 4 is 16.9 Å². The Morgan fingerprint density at radius 3 is 2.52 bits per heavy atom. The highest BCUT2D eigenvalue weighted by molar-refractivity contribution is 6.07. The molecule has 0 unspecified atom stereocenters. The third kappa shape index (κ3) is 3.26. The third-order valence-electron chi connectivity index (χ3n) is 4.95. The minimum Gasteiger partial charge on any atom is -0.508 e. The lowest BCUT2D eigenvalue weighted by molar-refractivity contribution is 0.0675. The predicted octanol–water partition coefficient (Wildman–Crippen LogP) is 2.46. The molecular formula is C20H23N5O2. The summed E-state index contributed by atoms with van der Waals surface area (Å²) in [7, 11) is 0. The van der Waals surface area contributed by atoms with Crippen LogP contribution in [-0.2, 0) is 0 Å². The van der Waals surface area contributed by atoms with Gasteiger partial charge < -0.3 is 15.3 Å². The number of fused-ring (bicyclic) bond motifs is 1. The fourth-order valence-electron chi connectivity index (χ4n) is 3.80. The molecule has 1 aromatic carbocycles. The highest BCUT2D eigenvalue weighted by Gasteiger charge is 2.28. The molecule has 3 N–H and O–H groups in total. The summed E-state index contributed by atoms with van der Waals surface area (Å²) in [5.41, 5.74) is 3.46. The van der Waals surface area contributed by atoms with E-state index in [1.807, 2.05) is 17.9 Å². The van der Waals surface area contributed by atoms with Crippen molar-refractivity contribution in [3.8, 4) is 17.0 Å². The maximum Gasteiger partial charge on any atom is 0.254 e. The molecule has 0 saturated carbocycles. The summed E-state index contributed by atoms with van der Waals surface area (Å²) in [5, 5.41) is 20.9. The van der Waals surface area contributed by atoms with Gasteiger partial charge in [-0.25, -0.2) is 4.98 Å². The molecule has 3 aromatic rings. The maximum atomic E-state index is 13.4. The van der Waals surface area contributed by atoms with Gasteiger partial charge in [0.15, 0.2) is 5.65 Å². The van der Waals surface area contributed by atoms with Gasteiger partial charge in [-0.15, -0.1) is 0 Å². The van der Waals surface area contributed by atoms with Crippen LogP contribution >= 0.6 is 0 Å². The van der Waals surface area contributed by atoms with E-state index in [0.717, 1.165) is 16.6 Å². The minimum absolute atomic E-state index is 0.00729. The Hall–Kier alpha value is -2.93. The van der Waals surface area contributed by atoms with E-state index in [1.54, 1.807) is 24.3 Å². The number of hydrogen-bond acceptors (Lipinski definition) is 5. The molecule has 7 nitrogen and oxygen atoms in total. The van der Waals surface area contributed by atoms with E-state index in [9.17, 15) is 9.90 Å². The number of carbonyl (C=O) groups excluding carboxylic acids is 1. The van der Waals surface area contributed by atoms with Gasteiger partial charge in [0, 0.05) is 30.7 Å². The number of hydrogen-bond donors (Lipinski definition) is 3. The number of nitrogens with zero attached hydrogens (tertiary/aromatic N) is 3. The van der Waals surface area contributed by atoms with Gasteiger partial charge in [-0.3, -0.25) is 9.89 Å². The first-order chi connectivity index (χ1) is 12.9. The molecule has 0 radical (unpaired) electrons. The topological polar surface area (TPSA) is 94.1 Å². The summed E-state index contributed by atoms with van der Waals surface area (Å²) in [5.74, 6) is 0.185. The lowest BCUT2D eigenvalue weighted by atomic mass is 10.0. The Bertz CT molecular complexity index is 986. The molecule has 2 aromatic heterocycles. The third-order valence-corrected chi connectivity index (χ3v) is 4.95. The van der Waals surface area contributed by atoms with Crippen LogP contribution in [0, 0.1) is 6.92 Å². The van der Waals surface area contributed by atoms with E-state index < -0.39 is 0 Å². The fraction of sp³-hybridized carbons (Fsp3) is 0.350. The van der Waals surface area contributed by atoms with Crippen molar-refractivity contribution in [3.63, 3.8) is 0 Å². The summed E-state index contributed by atoms with van der Waals surface area (Å²) in [6, 6.07) is 9.12. The maximum absolute atomic E-state index is 13.4. The van der Waals surface area contributed by atoms with Gasteiger partial charge >= 0.3 is 0 Å². The second kappa shape index (κ2) is 6.66. The number of H-pyrrole nitrogens is 1. The number of pyridine rings is 1. The molecule has 2 atom stereocenters. The number of rotatable bonds is 2. The second-order valence-electron chi connectivity index (χ2n) is 7.31. The van der Waals surface area contributed by atoms with Crippen molar-refractivity contribution in [2.45, 2.75) is 32.9 Å². The Kier molecular flexibility index (Phi) is 4.31. The van der Waals surface area contributed by atoms with E-state index in [0.29, 0.717) is 30.0 Å². The molecular weight excluding hydrogens is 342 g/mol. The molecule has 1 saturated heterocycles. The number of piperazine rings is 1. The SMILES string of the molecule is Cc1n[nH]c2nc(-c3ccc(O)cc3)cc(C(=O)N3C[C@@H](C)N[C@@H](C)C3)c12. The van der Waals surface area contributed by atoms with Crippen LogP contribution in [0.4, 0.5) is 0 Å². The van der Waals surface area contributed by atoms with Crippen molar-refractivity contribution in [2.24, 2.45) is 0 Å². The fourth-order valence-corrected chi connectivity index (χ4v) is 3.80. The summed E-state index contributed by atoms with van der Waals surface area (Å²) < 4.78 is 0. The summed E-state index contributed by atoms with van der Waals surface area (Å²) in [6.07, 6.45) is 0. The van der Waals surface area contributed by atoms with Crippen molar-refractivity contribution in [2.75, 3.05) is 13.1 Å². The molecule has 7 heteroatoms. The number of phenolic OH excluding ortho intramolecular Hbond substituents is 1. The van der Waals surface area contributed by atoms with E-state index in [-0.39, 0.29) is 23.7 Å². The predicted molar refractivity (Wildman–Crippen MR) is 104 cm³/mol. The lowest BCUT2D eigenvalue weighted by Crippen LogP contribution is -2.55.